The molecule has 5 nitrogen and oxygen atoms in total. The molecule has 25 heavy (non-hydrogen) atoms. The van der Waals surface area contributed by atoms with Crippen LogP contribution in [0.3, 0.4) is 0 Å². The van der Waals surface area contributed by atoms with Gasteiger partial charge in [0.1, 0.15) is 5.75 Å². The third-order valence-corrected chi connectivity index (χ3v) is 4.73. The van der Waals surface area contributed by atoms with Crippen molar-refractivity contribution in [2.75, 3.05) is 20.3 Å². The Bertz CT molecular complexity index is 717. The molecule has 3 N–H and O–H groups in total. The van der Waals surface area contributed by atoms with E-state index in [9.17, 15) is 4.79 Å². The monoisotopic (exact) mass is 364 g/mol. The molecule has 1 heterocycles. The van der Waals surface area contributed by atoms with Gasteiger partial charge in [0.2, 0.25) is 5.91 Å². The minimum atomic E-state index is -0.491. The van der Waals surface area contributed by atoms with Gasteiger partial charge in [-0.2, -0.15) is 0 Å². The van der Waals surface area contributed by atoms with Crippen molar-refractivity contribution in [1.82, 2.24) is 5.32 Å². The van der Waals surface area contributed by atoms with Gasteiger partial charge in [0, 0.05) is 25.3 Å². The van der Waals surface area contributed by atoms with Crippen LogP contribution in [0, 0.1) is 5.92 Å². The van der Waals surface area contributed by atoms with E-state index in [1.165, 1.54) is 0 Å². The second kappa shape index (κ2) is 9.04. The van der Waals surface area contributed by atoms with Crippen molar-refractivity contribution in [3.8, 4) is 5.75 Å². The fourth-order valence-electron chi connectivity index (χ4n) is 3.27. The predicted molar refractivity (Wildman–Crippen MR) is 101 cm³/mol. The Morgan fingerprint density at radius 2 is 2.00 bits per heavy atom. The highest BCUT2D eigenvalue weighted by atomic mass is 35.5. The summed E-state index contributed by atoms with van der Waals surface area (Å²) in [6, 6.07) is 11.5. The lowest BCUT2D eigenvalue weighted by Crippen LogP contribution is -2.46. The number of carbonyl (C=O) groups excluding carboxylic acids is 1. The Morgan fingerprint density at radius 3 is 2.72 bits per heavy atom. The zero-order valence-corrected chi connectivity index (χ0v) is 15.2. The molecular weight excluding hydrogens is 340 g/mol. The Labute approximate surface area is 154 Å². The molecule has 1 atom stereocenters. The van der Waals surface area contributed by atoms with Crippen molar-refractivity contribution in [1.29, 1.82) is 0 Å². The van der Waals surface area contributed by atoms with Crippen molar-refractivity contribution in [3.05, 3.63) is 42.0 Å². The fraction of sp³-hybridized carbons (Fsp3) is 0.421. The number of methoxy groups -OCH3 is 1. The Hall–Kier alpha value is -1.82. The minimum absolute atomic E-state index is 0. The van der Waals surface area contributed by atoms with Crippen LogP contribution in [0.25, 0.3) is 10.8 Å². The van der Waals surface area contributed by atoms with Crippen LogP contribution in [0.15, 0.2) is 36.4 Å². The van der Waals surface area contributed by atoms with Crippen LogP contribution in [-0.4, -0.2) is 32.3 Å². The number of halogens is 1. The zero-order chi connectivity index (χ0) is 16.9. The van der Waals surface area contributed by atoms with Gasteiger partial charge in [-0.05, 0) is 35.6 Å². The largest absolute Gasteiger partial charge is 0.496 e. The van der Waals surface area contributed by atoms with Crippen LogP contribution in [0.1, 0.15) is 18.4 Å². The quantitative estimate of drug-likeness (QED) is 0.855. The third-order valence-electron chi connectivity index (χ3n) is 4.73. The number of nitrogens with one attached hydrogen (secondary N) is 1. The van der Waals surface area contributed by atoms with E-state index >= 15 is 0 Å². The molecule has 1 amide bonds. The summed E-state index contributed by atoms with van der Waals surface area (Å²) in [5.41, 5.74) is 7.12. The second-order valence-electron chi connectivity index (χ2n) is 6.16. The summed E-state index contributed by atoms with van der Waals surface area (Å²) < 4.78 is 10.8. The van der Waals surface area contributed by atoms with E-state index in [4.69, 9.17) is 15.2 Å². The normalized spacial score (nSPS) is 16.1. The van der Waals surface area contributed by atoms with E-state index in [1.54, 1.807) is 7.11 Å². The average molecular weight is 365 g/mol. The molecule has 2 aromatic rings. The number of ether oxygens (including phenoxy) is 2. The van der Waals surface area contributed by atoms with Gasteiger partial charge >= 0.3 is 0 Å². The molecule has 0 aromatic heterocycles. The number of fused-ring (bicyclic) bond motifs is 1. The van der Waals surface area contributed by atoms with Crippen LogP contribution in [0.2, 0.25) is 0 Å². The molecule has 1 fully saturated rings. The van der Waals surface area contributed by atoms with Gasteiger partial charge in [0.05, 0.1) is 13.2 Å². The number of rotatable bonds is 5. The predicted octanol–water partition coefficient (Wildman–Crippen LogP) is 2.64. The van der Waals surface area contributed by atoms with Gasteiger partial charge in [-0.25, -0.2) is 0 Å². The Kier molecular flexibility index (Phi) is 7.05. The summed E-state index contributed by atoms with van der Waals surface area (Å²) in [5.74, 6) is 0.846. The first kappa shape index (κ1) is 19.5. The maximum atomic E-state index is 12.4. The number of nitrogens with two attached hydrogens (primary N) is 1. The molecule has 0 aliphatic carbocycles. The third kappa shape index (κ3) is 4.42. The minimum Gasteiger partial charge on any atom is -0.496 e. The lowest BCUT2D eigenvalue weighted by atomic mass is 9.92. The number of amides is 1. The second-order valence-corrected chi connectivity index (χ2v) is 6.16. The van der Waals surface area contributed by atoms with Crippen molar-refractivity contribution < 1.29 is 14.3 Å². The van der Waals surface area contributed by atoms with Crippen LogP contribution < -0.4 is 15.8 Å². The molecule has 1 unspecified atom stereocenters. The van der Waals surface area contributed by atoms with E-state index in [2.05, 4.69) is 5.32 Å². The lowest BCUT2D eigenvalue weighted by Gasteiger charge is -2.26. The molecule has 6 heteroatoms. The standard InChI is InChI=1S/C19H24N2O3.ClH/c1-23-17-7-6-13-4-2-3-5-15(13)16(17)12-21-19(22)18(20)14-8-10-24-11-9-14;/h2-7,14,18H,8-12,20H2,1H3,(H,21,22);1H. The number of benzene rings is 2. The van der Waals surface area contributed by atoms with Gasteiger partial charge < -0.3 is 20.5 Å². The molecule has 0 radical (unpaired) electrons. The molecule has 0 saturated carbocycles. The summed E-state index contributed by atoms with van der Waals surface area (Å²) in [5, 5.41) is 5.18. The van der Waals surface area contributed by atoms with Crippen LogP contribution in [0.5, 0.6) is 5.75 Å². The summed E-state index contributed by atoms with van der Waals surface area (Å²) in [7, 11) is 1.64. The number of hydrogen-bond acceptors (Lipinski definition) is 4. The first-order chi connectivity index (χ1) is 11.7. The smallest absolute Gasteiger partial charge is 0.237 e. The SMILES string of the molecule is COc1ccc2ccccc2c1CNC(=O)C(N)C1CCOCC1.Cl. The van der Waals surface area contributed by atoms with Gasteiger partial charge in [0.25, 0.3) is 0 Å². The Morgan fingerprint density at radius 1 is 1.28 bits per heavy atom. The molecule has 2 aromatic carbocycles. The first-order valence-corrected chi connectivity index (χ1v) is 8.36. The van der Waals surface area contributed by atoms with Gasteiger partial charge in [-0.15, -0.1) is 12.4 Å². The van der Waals surface area contributed by atoms with Crippen molar-refractivity contribution in [3.63, 3.8) is 0 Å². The summed E-state index contributed by atoms with van der Waals surface area (Å²) >= 11 is 0. The zero-order valence-electron chi connectivity index (χ0n) is 14.4. The van der Waals surface area contributed by atoms with Crippen LogP contribution in [0.4, 0.5) is 0 Å². The summed E-state index contributed by atoms with van der Waals surface area (Å²) in [6.45, 7) is 1.77. The van der Waals surface area contributed by atoms with Crippen LogP contribution >= 0.6 is 12.4 Å². The molecular formula is C19H25ClN2O3. The van der Waals surface area contributed by atoms with Crippen molar-refractivity contribution in [2.45, 2.75) is 25.4 Å². The molecule has 3 rings (SSSR count). The number of carbonyl (C=O) groups is 1. The topological polar surface area (TPSA) is 73.6 Å². The maximum Gasteiger partial charge on any atom is 0.237 e. The highest BCUT2D eigenvalue weighted by molar-refractivity contribution is 5.88. The maximum absolute atomic E-state index is 12.4. The summed E-state index contributed by atoms with van der Waals surface area (Å²) in [4.78, 5) is 12.4. The van der Waals surface area contributed by atoms with Gasteiger partial charge in [-0.3, -0.25) is 4.79 Å². The van der Waals surface area contributed by atoms with Crippen molar-refractivity contribution >= 4 is 29.1 Å². The molecule has 1 saturated heterocycles. The lowest BCUT2D eigenvalue weighted by molar-refractivity contribution is -0.124. The molecule has 1 aliphatic rings. The molecule has 1 aliphatic heterocycles. The van der Waals surface area contributed by atoms with Gasteiger partial charge in [-0.1, -0.05) is 30.3 Å². The number of hydrogen-bond donors (Lipinski definition) is 2. The van der Waals surface area contributed by atoms with Crippen molar-refractivity contribution in [2.24, 2.45) is 11.7 Å². The van der Waals surface area contributed by atoms with Gasteiger partial charge in [0.15, 0.2) is 0 Å². The van der Waals surface area contributed by atoms with E-state index < -0.39 is 6.04 Å². The Balaban J connectivity index is 0.00000225. The summed E-state index contributed by atoms with van der Waals surface area (Å²) in [6.07, 6.45) is 1.68. The molecule has 136 valence electrons. The highest BCUT2D eigenvalue weighted by Gasteiger charge is 2.26. The highest BCUT2D eigenvalue weighted by Crippen LogP contribution is 2.28. The van der Waals surface area contributed by atoms with E-state index in [0.29, 0.717) is 19.8 Å². The average Bonchev–Trinajstić information content (AvgIpc) is 2.65. The van der Waals surface area contributed by atoms with Crippen LogP contribution in [-0.2, 0) is 16.1 Å². The first-order valence-electron chi connectivity index (χ1n) is 8.36. The molecule has 0 spiro atoms. The van der Waals surface area contributed by atoms with E-state index in [-0.39, 0.29) is 24.2 Å². The molecule has 0 bridgehead atoms. The van der Waals surface area contributed by atoms with E-state index in [0.717, 1.165) is 34.9 Å². The fourth-order valence-corrected chi connectivity index (χ4v) is 3.27. The van der Waals surface area contributed by atoms with E-state index in [1.807, 2.05) is 36.4 Å².